The van der Waals surface area contributed by atoms with E-state index in [0.29, 0.717) is 6.42 Å². The van der Waals surface area contributed by atoms with Gasteiger partial charge in [-0.1, -0.05) is 54.5 Å². The molecule has 0 heterocycles. The molecule has 0 bridgehead atoms. The van der Waals surface area contributed by atoms with Crippen molar-refractivity contribution in [2.24, 2.45) is 21.7 Å². The monoisotopic (exact) mass is 530 g/mol. The minimum absolute atomic E-state index is 0.0182. The molecule has 0 rings (SSSR count). The lowest BCUT2D eigenvalue weighted by molar-refractivity contribution is -0.221. The van der Waals surface area contributed by atoms with E-state index in [4.69, 9.17) is 9.29 Å². The lowest BCUT2D eigenvalue weighted by Gasteiger charge is -2.43. The van der Waals surface area contributed by atoms with Crippen LogP contribution in [0.15, 0.2) is 12.7 Å². The van der Waals surface area contributed by atoms with Gasteiger partial charge < -0.3 is 9.47 Å². The number of hydrogen-bond donors (Lipinski definition) is 1. The first kappa shape index (κ1) is 33.4. The molecule has 0 aromatic carbocycles. The largest absolute Gasteiger partial charge is 0.465 e. The van der Waals surface area contributed by atoms with Crippen LogP contribution in [0.3, 0.4) is 0 Å². The van der Waals surface area contributed by atoms with Crippen LogP contribution >= 0.6 is 0 Å². The third-order valence-electron chi connectivity index (χ3n) is 6.42. The molecular formula is C24H41F3O7S. The van der Waals surface area contributed by atoms with Crippen molar-refractivity contribution in [3.63, 3.8) is 0 Å². The highest BCUT2D eigenvalue weighted by Gasteiger charge is 2.50. The fourth-order valence-corrected chi connectivity index (χ4v) is 4.51. The quantitative estimate of drug-likeness (QED) is 0.195. The van der Waals surface area contributed by atoms with Gasteiger partial charge in [-0.05, 0) is 43.4 Å². The molecule has 0 spiro atoms. The molecule has 3 atom stereocenters. The number of allylic oxidation sites excluding steroid dienone is 1. The maximum atomic E-state index is 13.3. The maximum absolute atomic E-state index is 13.3. The average molecular weight is 531 g/mol. The van der Waals surface area contributed by atoms with Gasteiger partial charge in [-0.15, -0.1) is 6.58 Å². The predicted molar refractivity (Wildman–Crippen MR) is 127 cm³/mol. The Bertz CT molecular complexity index is 854. The van der Waals surface area contributed by atoms with Crippen molar-refractivity contribution < 1.29 is 45.2 Å². The summed E-state index contributed by atoms with van der Waals surface area (Å²) < 4.78 is 80.9. The Morgan fingerprint density at radius 1 is 1.03 bits per heavy atom. The summed E-state index contributed by atoms with van der Waals surface area (Å²) in [6.45, 7) is 18.4. The fraction of sp³-hybridized carbons (Fsp3) is 0.833. The van der Waals surface area contributed by atoms with E-state index < -0.39 is 56.3 Å². The van der Waals surface area contributed by atoms with E-state index in [1.54, 1.807) is 13.8 Å². The number of carbonyl (C=O) groups is 2. The van der Waals surface area contributed by atoms with Crippen LogP contribution in [0.1, 0.15) is 81.1 Å². The highest BCUT2D eigenvalue weighted by Crippen LogP contribution is 2.47. The molecule has 0 aliphatic rings. The van der Waals surface area contributed by atoms with Crippen molar-refractivity contribution in [2.75, 3.05) is 12.4 Å². The summed E-state index contributed by atoms with van der Waals surface area (Å²) in [6.07, 6.45) is -6.65. The van der Waals surface area contributed by atoms with Gasteiger partial charge in [0.05, 0.1) is 17.4 Å². The zero-order chi connectivity index (χ0) is 28.1. The zero-order valence-corrected chi connectivity index (χ0v) is 22.9. The standard InChI is InChI=1S/C24H41F3O7S/c1-10-12-23(11-2,19(29)34-17(24(25,26)27)15-35(30,31)32)13-14-33-18(28)22(9,21(6,7)8)16-20(3,4)5/h10,17H,1,11-16H2,2-9H3,(H,30,31,32). The second-order valence-electron chi connectivity index (χ2n) is 11.5. The molecule has 0 aromatic rings. The van der Waals surface area contributed by atoms with Gasteiger partial charge in [0.1, 0.15) is 5.75 Å². The van der Waals surface area contributed by atoms with Gasteiger partial charge in [-0.3, -0.25) is 14.1 Å². The fourth-order valence-electron chi connectivity index (χ4n) is 3.87. The van der Waals surface area contributed by atoms with Crippen molar-refractivity contribution in [1.82, 2.24) is 0 Å². The molecule has 35 heavy (non-hydrogen) atoms. The molecule has 0 amide bonds. The summed E-state index contributed by atoms with van der Waals surface area (Å²) in [7, 11) is -5.08. The summed E-state index contributed by atoms with van der Waals surface area (Å²) in [5, 5.41) is 0. The third-order valence-corrected chi connectivity index (χ3v) is 7.15. The molecule has 7 nitrogen and oxygen atoms in total. The first-order valence-electron chi connectivity index (χ1n) is 11.5. The van der Waals surface area contributed by atoms with Gasteiger partial charge in [-0.25, -0.2) is 0 Å². The van der Waals surface area contributed by atoms with Crippen LogP contribution in [-0.2, 0) is 29.2 Å². The summed E-state index contributed by atoms with van der Waals surface area (Å²) in [4.78, 5) is 26.0. The summed E-state index contributed by atoms with van der Waals surface area (Å²) >= 11 is 0. The Balaban J connectivity index is 5.80. The van der Waals surface area contributed by atoms with Gasteiger partial charge in [0, 0.05) is 0 Å². The second kappa shape index (κ2) is 11.6. The number of ether oxygens (including phenoxy) is 2. The van der Waals surface area contributed by atoms with Crippen molar-refractivity contribution in [3.8, 4) is 0 Å². The van der Waals surface area contributed by atoms with E-state index in [1.807, 2.05) is 41.5 Å². The highest BCUT2D eigenvalue weighted by atomic mass is 32.2. The van der Waals surface area contributed by atoms with E-state index >= 15 is 0 Å². The molecule has 0 fully saturated rings. The van der Waals surface area contributed by atoms with Crippen LogP contribution in [0, 0.1) is 21.7 Å². The Morgan fingerprint density at radius 2 is 1.54 bits per heavy atom. The topological polar surface area (TPSA) is 107 Å². The average Bonchev–Trinajstić information content (AvgIpc) is 2.62. The van der Waals surface area contributed by atoms with Gasteiger partial charge in [0.15, 0.2) is 0 Å². The number of hydrogen-bond acceptors (Lipinski definition) is 6. The van der Waals surface area contributed by atoms with E-state index in [0.717, 1.165) is 0 Å². The Hall–Kier alpha value is -1.62. The number of alkyl halides is 3. The predicted octanol–water partition coefficient (Wildman–Crippen LogP) is 5.74. The van der Waals surface area contributed by atoms with Crippen LogP contribution in [0.25, 0.3) is 0 Å². The molecule has 0 saturated heterocycles. The van der Waals surface area contributed by atoms with Gasteiger partial charge in [-0.2, -0.15) is 21.6 Å². The summed E-state index contributed by atoms with van der Waals surface area (Å²) in [5.74, 6) is -3.62. The maximum Gasteiger partial charge on any atom is 0.426 e. The molecule has 0 aliphatic carbocycles. The van der Waals surface area contributed by atoms with Gasteiger partial charge in [0.2, 0.25) is 6.10 Å². The van der Waals surface area contributed by atoms with Crippen molar-refractivity contribution in [2.45, 2.75) is 93.4 Å². The first-order chi connectivity index (χ1) is 15.4. The molecule has 1 N–H and O–H groups in total. The van der Waals surface area contributed by atoms with Crippen LogP contribution in [-0.4, -0.2) is 49.5 Å². The Morgan fingerprint density at radius 3 is 1.89 bits per heavy atom. The molecule has 0 aromatic heterocycles. The molecular weight excluding hydrogens is 489 g/mol. The molecule has 0 aliphatic heterocycles. The molecule has 0 saturated carbocycles. The lowest BCUT2D eigenvalue weighted by atomic mass is 9.61. The SMILES string of the molecule is C=CCC(CC)(CCOC(=O)C(C)(CC(C)(C)C)C(C)(C)C)C(=O)OC(CS(=O)(=O)O)C(F)(F)F. The second-order valence-corrected chi connectivity index (χ2v) is 13.0. The summed E-state index contributed by atoms with van der Waals surface area (Å²) in [6, 6.07) is 0. The minimum atomic E-state index is -5.22. The first-order valence-corrected chi connectivity index (χ1v) is 13.1. The van der Waals surface area contributed by atoms with Gasteiger partial charge in [0.25, 0.3) is 10.1 Å². The van der Waals surface area contributed by atoms with E-state index in [1.165, 1.54) is 6.08 Å². The number of esters is 2. The van der Waals surface area contributed by atoms with Crippen LogP contribution in [0.4, 0.5) is 13.2 Å². The summed E-state index contributed by atoms with van der Waals surface area (Å²) in [5.41, 5.74) is -3.07. The van der Waals surface area contributed by atoms with Crippen LogP contribution < -0.4 is 0 Å². The van der Waals surface area contributed by atoms with E-state index in [9.17, 15) is 31.2 Å². The van der Waals surface area contributed by atoms with E-state index in [-0.39, 0.29) is 31.3 Å². The number of halogens is 3. The van der Waals surface area contributed by atoms with Crippen molar-refractivity contribution >= 4 is 22.1 Å². The van der Waals surface area contributed by atoms with Crippen LogP contribution in [0.5, 0.6) is 0 Å². The number of rotatable bonds is 12. The van der Waals surface area contributed by atoms with Crippen LogP contribution in [0.2, 0.25) is 0 Å². The number of carbonyl (C=O) groups excluding carboxylic acids is 2. The van der Waals surface area contributed by atoms with Crippen molar-refractivity contribution in [3.05, 3.63) is 12.7 Å². The Labute approximate surface area is 207 Å². The molecule has 11 heteroatoms. The molecule has 0 radical (unpaired) electrons. The smallest absolute Gasteiger partial charge is 0.426 e. The lowest BCUT2D eigenvalue weighted by Crippen LogP contribution is -2.45. The minimum Gasteiger partial charge on any atom is -0.465 e. The van der Waals surface area contributed by atoms with E-state index in [2.05, 4.69) is 11.3 Å². The zero-order valence-electron chi connectivity index (χ0n) is 22.0. The molecule has 3 unspecified atom stereocenters. The van der Waals surface area contributed by atoms with Crippen molar-refractivity contribution in [1.29, 1.82) is 0 Å². The van der Waals surface area contributed by atoms with Gasteiger partial charge >= 0.3 is 18.1 Å². The Kier molecular flexibility index (Phi) is 11.1. The normalized spacial score (nSPS) is 17.6. The highest BCUT2D eigenvalue weighted by molar-refractivity contribution is 7.85. The third kappa shape index (κ3) is 10.1. The molecule has 206 valence electrons.